The van der Waals surface area contributed by atoms with E-state index >= 15 is 0 Å². The van der Waals surface area contributed by atoms with Gasteiger partial charge in [0.05, 0.1) is 0 Å². The van der Waals surface area contributed by atoms with E-state index in [0.717, 1.165) is 19.3 Å². The lowest BCUT2D eigenvalue weighted by Crippen LogP contribution is -2.17. The summed E-state index contributed by atoms with van der Waals surface area (Å²) in [6.07, 6.45) is 3.21. The molecule has 0 aromatic carbocycles. The summed E-state index contributed by atoms with van der Waals surface area (Å²) in [5.41, 5.74) is 5.48. The zero-order valence-corrected chi connectivity index (χ0v) is 6.68. The molecular formula is C8H15NO. The van der Waals surface area contributed by atoms with Crippen molar-refractivity contribution < 1.29 is 4.79 Å². The first-order chi connectivity index (χ1) is 4.66. The standard InChI is InChI=1S/C8H15NO/c1-3-8(4-2)5-6(8)7(9)10/h6H,3-5H2,1-2H3,(H2,9,10). The Morgan fingerprint density at radius 2 is 2.10 bits per heavy atom. The van der Waals surface area contributed by atoms with Crippen molar-refractivity contribution >= 4 is 5.91 Å². The molecule has 58 valence electrons. The average molecular weight is 141 g/mol. The molecule has 0 aromatic heterocycles. The molecule has 1 fully saturated rings. The van der Waals surface area contributed by atoms with Crippen LogP contribution in [0, 0.1) is 11.3 Å². The van der Waals surface area contributed by atoms with Crippen LogP contribution >= 0.6 is 0 Å². The summed E-state index contributed by atoms with van der Waals surface area (Å²) in [4.78, 5) is 10.7. The fourth-order valence-electron chi connectivity index (χ4n) is 1.78. The Balaban J connectivity index is 2.53. The third-order valence-electron chi connectivity index (χ3n) is 2.94. The van der Waals surface area contributed by atoms with Crippen LogP contribution in [-0.2, 0) is 4.79 Å². The van der Waals surface area contributed by atoms with Crippen LogP contribution < -0.4 is 5.73 Å². The molecule has 0 bridgehead atoms. The Labute approximate surface area is 61.8 Å². The zero-order valence-electron chi connectivity index (χ0n) is 6.68. The Hall–Kier alpha value is -0.530. The number of carbonyl (C=O) groups excluding carboxylic acids is 1. The van der Waals surface area contributed by atoms with Crippen LogP contribution in [0.15, 0.2) is 0 Å². The van der Waals surface area contributed by atoms with Gasteiger partial charge in [0.2, 0.25) is 5.91 Å². The number of hydrogen-bond donors (Lipinski definition) is 1. The molecule has 1 rings (SSSR count). The summed E-state index contributed by atoms with van der Waals surface area (Å²) in [6.45, 7) is 4.26. The Kier molecular flexibility index (Phi) is 1.71. The van der Waals surface area contributed by atoms with Crippen LogP contribution in [-0.4, -0.2) is 5.91 Å². The second-order valence-electron chi connectivity index (χ2n) is 3.23. The minimum absolute atomic E-state index is 0.108. The normalized spacial score (nSPS) is 28.0. The quantitative estimate of drug-likeness (QED) is 0.632. The van der Waals surface area contributed by atoms with Gasteiger partial charge in [-0.1, -0.05) is 13.8 Å². The number of carbonyl (C=O) groups is 1. The molecule has 0 spiro atoms. The highest BCUT2D eigenvalue weighted by Gasteiger charge is 2.54. The summed E-state index contributed by atoms with van der Waals surface area (Å²) >= 11 is 0. The molecule has 1 aliphatic rings. The van der Waals surface area contributed by atoms with Gasteiger partial charge in [0.25, 0.3) is 0 Å². The van der Waals surface area contributed by atoms with Crippen LogP contribution in [0.3, 0.4) is 0 Å². The molecule has 0 radical (unpaired) electrons. The van der Waals surface area contributed by atoms with Crippen molar-refractivity contribution in [1.29, 1.82) is 0 Å². The van der Waals surface area contributed by atoms with Gasteiger partial charge in [-0.05, 0) is 24.7 Å². The molecule has 1 aliphatic carbocycles. The van der Waals surface area contributed by atoms with Gasteiger partial charge in [-0.15, -0.1) is 0 Å². The fraction of sp³-hybridized carbons (Fsp3) is 0.875. The van der Waals surface area contributed by atoms with Crippen LogP contribution in [0.25, 0.3) is 0 Å². The topological polar surface area (TPSA) is 43.1 Å². The van der Waals surface area contributed by atoms with Crippen molar-refractivity contribution in [2.24, 2.45) is 17.1 Å². The predicted molar refractivity (Wildman–Crippen MR) is 40.3 cm³/mol. The smallest absolute Gasteiger partial charge is 0.221 e. The maximum atomic E-state index is 10.7. The third-order valence-corrected chi connectivity index (χ3v) is 2.94. The Morgan fingerprint density at radius 3 is 2.20 bits per heavy atom. The summed E-state index contributed by atoms with van der Waals surface area (Å²) in [5, 5.41) is 0. The molecule has 0 aliphatic heterocycles. The van der Waals surface area contributed by atoms with Crippen molar-refractivity contribution in [1.82, 2.24) is 0 Å². The number of primary amides is 1. The molecule has 2 heteroatoms. The van der Waals surface area contributed by atoms with Gasteiger partial charge in [-0.2, -0.15) is 0 Å². The lowest BCUT2D eigenvalue weighted by molar-refractivity contribution is -0.120. The van der Waals surface area contributed by atoms with Gasteiger partial charge in [0.1, 0.15) is 0 Å². The lowest BCUT2D eigenvalue weighted by Gasteiger charge is -2.08. The Bertz CT molecular complexity index is 149. The van der Waals surface area contributed by atoms with E-state index in [9.17, 15) is 4.79 Å². The monoisotopic (exact) mass is 141 g/mol. The van der Waals surface area contributed by atoms with E-state index in [1.165, 1.54) is 0 Å². The number of rotatable bonds is 3. The van der Waals surface area contributed by atoms with Gasteiger partial charge in [-0.25, -0.2) is 0 Å². The van der Waals surface area contributed by atoms with Gasteiger partial charge in [0, 0.05) is 5.92 Å². The maximum Gasteiger partial charge on any atom is 0.221 e. The minimum atomic E-state index is -0.108. The van der Waals surface area contributed by atoms with E-state index < -0.39 is 0 Å². The Morgan fingerprint density at radius 1 is 1.60 bits per heavy atom. The fourth-order valence-corrected chi connectivity index (χ4v) is 1.78. The van der Waals surface area contributed by atoms with Crippen molar-refractivity contribution in [2.45, 2.75) is 33.1 Å². The van der Waals surface area contributed by atoms with Crippen molar-refractivity contribution in [3.63, 3.8) is 0 Å². The summed E-state index contributed by atoms with van der Waals surface area (Å²) in [7, 11) is 0. The number of nitrogens with two attached hydrogens (primary N) is 1. The SMILES string of the molecule is CCC1(CC)CC1C(N)=O. The second-order valence-corrected chi connectivity index (χ2v) is 3.23. The van der Waals surface area contributed by atoms with E-state index in [2.05, 4.69) is 13.8 Å². The molecular weight excluding hydrogens is 126 g/mol. The van der Waals surface area contributed by atoms with Gasteiger partial charge < -0.3 is 5.73 Å². The second kappa shape index (κ2) is 2.26. The first-order valence-corrected chi connectivity index (χ1v) is 3.95. The molecule has 1 amide bonds. The van der Waals surface area contributed by atoms with E-state index in [-0.39, 0.29) is 11.8 Å². The first-order valence-electron chi connectivity index (χ1n) is 3.95. The van der Waals surface area contributed by atoms with E-state index in [0.29, 0.717) is 5.41 Å². The highest BCUT2D eigenvalue weighted by Crippen LogP contribution is 2.57. The molecule has 0 aromatic rings. The van der Waals surface area contributed by atoms with Crippen molar-refractivity contribution in [2.75, 3.05) is 0 Å². The summed E-state index contributed by atoms with van der Waals surface area (Å²) in [5.74, 6) is 0.0752. The number of amides is 1. The van der Waals surface area contributed by atoms with Crippen molar-refractivity contribution in [3.05, 3.63) is 0 Å². The van der Waals surface area contributed by atoms with Crippen LogP contribution in [0.4, 0.5) is 0 Å². The van der Waals surface area contributed by atoms with Gasteiger partial charge in [0.15, 0.2) is 0 Å². The number of hydrogen-bond acceptors (Lipinski definition) is 1. The van der Waals surface area contributed by atoms with E-state index in [1.54, 1.807) is 0 Å². The molecule has 10 heavy (non-hydrogen) atoms. The van der Waals surface area contributed by atoms with E-state index in [1.807, 2.05) is 0 Å². The molecule has 1 unspecified atom stereocenters. The minimum Gasteiger partial charge on any atom is -0.369 e. The summed E-state index contributed by atoms with van der Waals surface area (Å²) < 4.78 is 0. The molecule has 1 saturated carbocycles. The average Bonchev–Trinajstić information content (AvgIpc) is 2.63. The largest absolute Gasteiger partial charge is 0.369 e. The highest BCUT2D eigenvalue weighted by molar-refractivity contribution is 5.80. The summed E-state index contributed by atoms with van der Waals surface area (Å²) in [6, 6.07) is 0. The van der Waals surface area contributed by atoms with Crippen LogP contribution in [0.5, 0.6) is 0 Å². The lowest BCUT2D eigenvalue weighted by atomic mass is 9.97. The first kappa shape index (κ1) is 7.58. The molecule has 0 saturated heterocycles. The van der Waals surface area contributed by atoms with Crippen LogP contribution in [0.2, 0.25) is 0 Å². The third kappa shape index (κ3) is 0.917. The van der Waals surface area contributed by atoms with Gasteiger partial charge in [-0.3, -0.25) is 4.79 Å². The predicted octanol–water partition coefficient (Wildman–Crippen LogP) is 1.30. The van der Waals surface area contributed by atoms with Crippen molar-refractivity contribution in [3.8, 4) is 0 Å². The highest BCUT2D eigenvalue weighted by atomic mass is 16.1. The maximum absolute atomic E-state index is 10.7. The van der Waals surface area contributed by atoms with Gasteiger partial charge >= 0.3 is 0 Å². The molecule has 1 atom stereocenters. The van der Waals surface area contributed by atoms with Crippen LogP contribution in [0.1, 0.15) is 33.1 Å². The van der Waals surface area contributed by atoms with E-state index in [4.69, 9.17) is 5.73 Å². The molecule has 2 N–H and O–H groups in total. The molecule has 2 nitrogen and oxygen atoms in total. The zero-order chi connectivity index (χ0) is 7.78. The molecule has 0 heterocycles.